The van der Waals surface area contributed by atoms with Crippen LogP contribution in [0.3, 0.4) is 0 Å². The number of hydrogen-bond donors (Lipinski definition) is 2. The van der Waals surface area contributed by atoms with Crippen molar-refractivity contribution < 1.29 is 4.74 Å². The summed E-state index contributed by atoms with van der Waals surface area (Å²) in [6, 6.07) is 8.17. The first-order valence-electron chi connectivity index (χ1n) is 4.51. The van der Waals surface area contributed by atoms with E-state index in [2.05, 4.69) is 16.7 Å². The van der Waals surface area contributed by atoms with Crippen molar-refractivity contribution in [2.75, 3.05) is 13.7 Å². The van der Waals surface area contributed by atoms with Crippen LogP contribution in [0, 0.1) is 0 Å². The molecule has 1 atom stereocenters. The van der Waals surface area contributed by atoms with Crippen molar-refractivity contribution in [3.63, 3.8) is 0 Å². The number of hydrogen-bond acceptors (Lipinski definition) is 2. The number of fused-ring (bicyclic) bond motifs is 1. The summed E-state index contributed by atoms with van der Waals surface area (Å²) in [6.07, 6.45) is 0. The summed E-state index contributed by atoms with van der Waals surface area (Å²) in [5.41, 5.74) is 1.17. The van der Waals surface area contributed by atoms with E-state index in [4.69, 9.17) is 17.0 Å². The summed E-state index contributed by atoms with van der Waals surface area (Å²) in [4.78, 5) is 0. The highest BCUT2D eigenvalue weighted by Crippen LogP contribution is 2.31. The molecule has 0 aromatic heterocycles. The minimum Gasteiger partial charge on any atom is -0.491 e. The quantitative estimate of drug-likeness (QED) is 0.680. The van der Waals surface area contributed by atoms with Gasteiger partial charge in [0.1, 0.15) is 12.4 Å². The average Bonchev–Trinajstić information content (AvgIpc) is 2.62. The first kappa shape index (κ1) is 9.27. The van der Waals surface area contributed by atoms with Crippen LogP contribution in [0.1, 0.15) is 11.6 Å². The lowest BCUT2D eigenvalue weighted by Crippen LogP contribution is -2.36. The lowest BCUT2D eigenvalue weighted by molar-refractivity contribution is 0.324. The minimum atomic E-state index is 0.172. The minimum absolute atomic E-state index is 0.172. The third kappa shape index (κ3) is 1.65. The van der Waals surface area contributed by atoms with Crippen molar-refractivity contribution in [3.05, 3.63) is 29.8 Å². The number of para-hydroxylation sites is 1. The van der Waals surface area contributed by atoms with Gasteiger partial charge in [0.15, 0.2) is 5.11 Å². The molecule has 4 heteroatoms. The predicted molar refractivity (Wildman–Crippen MR) is 59.5 cm³/mol. The average molecular weight is 208 g/mol. The van der Waals surface area contributed by atoms with E-state index in [0.717, 1.165) is 5.75 Å². The Morgan fingerprint density at radius 1 is 1.50 bits per heavy atom. The molecule has 0 bridgehead atoms. The lowest BCUT2D eigenvalue weighted by Gasteiger charge is -2.12. The molecule has 0 fully saturated rings. The molecule has 1 heterocycles. The topological polar surface area (TPSA) is 33.3 Å². The number of ether oxygens (including phenoxy) is 1. The number of thiocarbonyl (C=S) groups is 1. The van der Waals surface area contributed by atoms with Crippen LogP contribution in [-0.2, 0) is 0 Å². The van der Waals surface area contributed by atoms with Crippen LogP contribution < -0.4 is 15.4 Å². The summed E-state index contributed by atoms with van der Waals surface area (Å²) in [7, 11) is 1.80. The van der Waals surface area contributed by atoms with Crippen LogP contribution in [0.25, 0.3) is 0 Å². The van der Waals surface area contributed by atoms with E-state index in [1.54, 1.807) is 7.05 Å². The molecule has 14 heavy (non-hydrogen) atoms. The van der Waals surface area contributed by atoms with Gasteiger partial charge in [0.25, 0.3) is 0 Å². The third-order valence-electron chi connectivity index (χ3n) is 2.23. The van der Waals surface area contributed by atoms with Gasteiger partial charge in [-0.25, -0.2) is 0 Å². The molecule has 0 amide bonds. The van der Waals surface area contributed by atoms with E-state index in [-0.39, 0.29) is 6.04 Å². The zero-order chi connectivity index (χ0) is 9.97. The molecule has 0 aliphatic carbocycles. The van der Waals surface area contributed by atoms with Crippen LogP contribution in [0.4, 0.5) is 0 Å². The molecule has 0 saturated carbocycles. The van der Waals surface area contributed by atoms with Gasteiger partial charge < -0.3 is 15.4 Å². The highest BCUT2D eigenvalue weighted by Gasteiger charge is 2.23. The van der Waals surface area contributed by atoms with E-state index in [1.165, 1.54) is 5.56 Å². The third-order valence-corrected chi connectivity index (χ3v) is 2.55. The van der Waals surface area contributed by atoms with Gasteiger partial charge in [-0.05, 0) is 18.3 Å². The fourth-order valence-electron chi connectivity index (χ4n) is 1.51. The van der Waals surface area contributed by atoms with E-state index in [0.29, 0.717) is 11.7 Å². The zero-order valence-electron chi connectivity index (χ0n) is 7.91. The van der Waals surface area contributed by atoms with E-state index < -0.39 is 0 Å². The standard InChI is InChI=1S/C10H12N2OS/c1-11-10(14)12-8-6-13-9-5-3-2-4-7(8)9/h2-5,8H,6H2,1H3,(H2,11,12,14). The fourth-order valence-corrected chi connectivity index (χ4v) is 1.65. The van der Waals surface area contributed by atoms with E-state index >= 15 is 0 Å². The Balaban J connectivity index is 2.14. The van der Waals surface area contributed by atoms with Crippen molar-refractivity contribution in [3.8, 4) is 5.75 Å². The summed E-state index contributed by atoms with van der Waals surface area (Å²) in [5, 5.41) is 6.72. The lowest BCUT2D eigenvalue weighted by atomic mass is 10.1. The highest BCUT2D eigenvalue weighted by atomic mass is 32.1. The van der Waals surface area contributed by atoms with Gasteiger partial charge in [-0.3, -0.25) is 0 Å². The molecule has 1 aliphatic rings. The van der Waals surface area contributed by atoms with Crippen LogP contribution >= 0.6 is 12.2 Å². The zero-order valence-corrected chi connectivity index (χ0v) is 8.73. The second-order valence-corrected chi connectivity index (χ2v) is 3.53. The predicted octanol–water partition coefficient (Wildman–Crippen LogP) is 1.21. The molecule has 1 aliphatic heterocycles. The second kappa shape index (κ2) is 3.84. The number of nitrogens with one attached hydrogen (secondary N) is 2. The molecule has 2 rings (SSSR count). The van der Waals surface area contributed by atoms with Gasteiger partial charge in [0.05, 0.1) is 6.04 Å². The summed E-state index contributed by atoms with van der Waals surface area (Å²) < 4.78 is 5.51. The molecule has 2 N–H and O–H groups in total. The number of rotatable bonds is 1. The normalized spacial score (nSPS) is 18.2. The van der Waals surface area contributed by atoms with Gasteiger partial charge in [-0.2, -0.15) is 0 Å². The maximum Gasteiger partial charge on any atom is 0.166 e. The number of benzene rings is 1. The maximum absolute atomic E-state index is 5.51. The van der Waals surface area contributed by atoms with Crippen molar-refractivity contribution in [1.82, 2.24) is 10.6 Å². The molecule has 3 nitrogen and oxygen atoms in total. The largest absolute Gasteiger partial charge is 0.491 e. The molecule has 0 spiro atoms. The van der Waals surface area contributed by atoms with Crippen LogP contribution in [0.5, 0.6) is 5.75 Å². The Morgan fingerprint density at radius 3 is 3.07 bits per heavy atom. The Hall–Kier alpha value is -1.29. The first-order valence-corrected chi connectivity index (χ1v) is 4.92. The van der Waals surface area contributed by atoms with Gasteiger partial charge in [-0.15, -0.1) is 0 Å². The smallest absolute Gasteiger partial charge is 0.166 e. The van der Waals surface area contributed by atoms with Crippen molar-refractivity contribution in [2.45, 2.75) is 6.04 Å². The summed E-state index contributed by atoms with van der Waals surface area (Å²) in [5.74, 6) is 0.948. The molecular weight excluding hydrogens is 196 g/mol. The van der Waals surface area contributed by atoms with Crippen molar-refractivity contribution in [1.29, 1.82) is 0 Å². The molecule has 0 radical (unpaired) electrons. The van der Waals surface area contributed by atoms with Gasteiger partial charge >= 0.3 is 0 Å². The summed E-state index contributed by atoms with van der Waals surface area (Å²) in [6.45, 7) is 0.640. The Kier molecular flexibility index (Phi) is 2.54. The Morgan fingerprint density at radius 2 is 2.29 bits per heavy atom. The Labute approximate surface area is 88.5 Å². The fraction of sp³-hybridized carbons (Fsp3) is 0.300. The molecular formula is C10H12N2OS. The second-order valence-electron chi connectivity index (χ2n) is 3.12. The van der Waals surface area contributed by atoms with Crippen molar-refractivity contribution >= 4 is 17.3 Å². The van der Waals surface area contributed by atoms with Gasteiger partial charge in [-0.1, -0.05) is 18.2 Å². The molecule has 1 aromatic carbocycles. The molecule has 1 unspecified atom stereocenters. The van der Waals surface area contributed by atoms with Gasteiger partial charge in [0.2, 0.25) is 0 Å². The maximum atomic E-state index is 5.51. The molecule has 0 saturated heterocycles. The SMILES string of the molecule is CNC(=S)NC1COc2ccccc21. The van der Waals surface area contributed by atoms with Gasteiger partial charge in [0, 0.05) is 12.6 Å². The van der Waals surface area contributed by atoms with Crippen LogP contribution in [0.15, 0.2) is 24.3 Å². The molecule has 1 aromatic rings. The van der Waals surface area contributed by atoms with E-state index in [1.807, 2.05) is 18.2 Å². The first-order chi connectivity index (χ1) is 6.81. The Bertz CT molecular complexity index is 354. The monoisotopic (exact) mass is 208 g/mol. The van der Waals surface area contributed by atoms with Crippen LogP contribution in [0.2, 0.25) is 0 Å². The summed E-state index contributed by atoms with van der Waals surface area (Å²) >= 11 is 5.04. The molecule has 74 valence electrons. The van der Waals surface area contributed by atoms with E-state index in [9.17, 15) is 0 Å². The highest BCUT2D eigenvalue weighted by molar-refractivity contribution is 7.80. The van der Waals surface area contributed by atoms with Crippen molar-refractivity contribution in [2.24, 2.45) is 0 Å². The van der Waals surface area contributed by atoms with Crippen LogP contribution in [-0.4, -0.2) is 18.8 Å².